The maximum atomic E-state index is 12.3. The van der Waals surface area contributed by atoms with Crippen LogP contribution in [0.2, 0.25) is 10.0 Å². The summed E-state index contributed by atoms with van der Waals surface area (Å²) in [5.74, 6) is 1.35. The van der Waals surface area contributed by atoms with E-state index in [2.05, 4.69) is 5.32 Å². The fraction of sp³-hybridized carbons (Fsp3) is 0.316. The smallest absolute Gasteiger partial charge is 0.220 e. The van der Waals surface area contributed by atoms with Crippen molar-refractivity contribution < 1.29 is 14.3 Å². The molecule has 0 aliphatic heterocycles. The van der Waals surface area contributed by atoms with Crippen molar-refractivity contribution in [2.24, 2.45) is 0 Å². The summed E-state index contributed by atoms with van der Waals surface area (Å²) >= 11 is 12.0. The van der Waals surface area contributed by atoms with Crippen molar-refractivity contribution in [1.29, 1.82) is 0 Å². The first-order valence-electron chi connectivity index (χ1n) is 7.89. The van der Waals surface area contributed by atoms with Crippen molar-refractivity contribution in [2.75, 3.05) is 14.2 Å². The van der Waals surface area contributed by atoms with E-state index >= 15 is 0 Å². The van der Waals surface area contributed by atoms with Crippen molar-refractivity contribution >= 4 is 29.1 Å². The zero-order valence-electron chi connectivity index (χ0n) is 14.4. The van der Waals surface area contributed by atoms with Crippen molar-refractivity contribution in [1.82, 2.24) is 5.32 Å². The Labute approximate surface area is 158 Å². The summed E-state index contributed by atoms with van der Waals surface area (Å²) in [5.41, 5.74) is 1.76. The van der Waals surface area contributed by atoms with E-state index in [1.807, 2.05) is 31.2 Å². The molecule has 0 radical (unpaired) electrons. The van der Waals surface area contributed by atoms with E-state index < -0.39 is 0 Å². The van der Waals surface area contributed by atoms with Crippen LogP contribution in [0, 0.1) is 0 Å². The molecule has 0 unspecified atom stereocenters. The van der Waals surface area contributed by atoms with Crippen LogP contribution in [0.25, 0.3) is 0 Å². The predicted molar refractivity (Wildman–Crippen MR) is 101 cm³/mol. The maximum absolute atomic E-state index is 12.3. The van der Waals surface area contributed by atoms with E-state index in [-0.39, 0.29) is 11.9 Å². The van der Waals surface area contributed by atoms with E-state index in [1.54, 1.807) is 26.4 Å². The lowest BCUT2D eigenvalue weighted by atomic mass is 10.1. The van der Waals surface area contributed by atoms with E-state index in [1.165, 1.54) is 0 Å². The van der Waals surface area contributed by atoms with E-state index in [9.17, 15) is 4.79 Å². The Morgan fingerprint density at radius 3 is 2.52 bits per heavy atom. The van der Waals surface area contributed by atoms with Crippen LogP contribution in [0.15, 0.2) is 36.4 Å². The van der Waals surface area contributed by atoms with Crippen LogP contribution >= 0.6 is 23.2 Å². The van der Waals surface area contributed by atoms with Gasteiger partial charge in [0.2, 0.25) is 5.91 Å². The van der Waals surface area contributed by atoms with Gasteiger partial charge < -0.3 is 14.8 Å². The quantitative estimate of drug-likeness (QED) is 0.747. The van der Waals surface area contributed by atoms with Gasteiger partial charge in [0.05, 0.1) is 20.3 Å². The summed E-state index contributed by atoms with van der Waals surface area (Å²) in [4.78, 5) is 12.3. The average molecular weight is 382 g/mol. The van der Waals surface area contributed by atoms with Crippen molar-refractivity contribution in [2.45, 2.75) is 25.8 Å². The van der Waals surface area contributed by atoms with Gasteiger partial charge in [-0.2, -0.15) is 0 Å². The number of halogens is 2. The highest BCUT2D eigenvalue weighted by molar-refractivity contribution is 6.35. The second kappa shape index (κ2) is 8.97. The summed E-state index contributed by atoms with van der Waals surface area (Å²) < 4.78 is 10.6. The van der Waals surface area contributed by atoms with Gasteiger partial charge in [-0.1, -0.05) is 29.3 Å². The number of ether oxygens (including phenoxy) is 2. The van der Waals surface area contributed by atoms with Gasteiger partial charge in [0, 0.05) is 22.0 Å². The van der Waals surface area contributed by atoms with Crippen LogP contribution in [-0.2, 0) is 11.2 Å². The number of rotatable bonds is 7. The lowest BCUT2D eigenvalue weighted by molar-refractivity contribution is -0.121. The molecule has 1 N–H and O–H groups in total. The van der Waals surface area contributed by atoms with Crippen LogP contribution in [0.4, 0.5) is 0 Å². The summed E-state index contributed by atoms with van der Waals surface area (Å²) in [7, 11) is 3.20. The van der Waals surface area contributed by atoms with Crippen LogP contribution < -0.4 is 14.8 Å². The van der Waals surface area contributed by atoms with Crippen molar-refractivity contribution in [3.05, 3.63) is 57.6 Å². The van der Waals surface area contributed by atoms with Gasteiger partial charge in [0.25, 0.3) is 0 Å². The first-order valence-corrected chi connectivity index (χ1v) is 8.65. The molecule has 2 aromatic carbocycles. The number of aryl methyl sites for hydroxylation is 1. The Morgan fingerprint density at radius 2 is 1.88 bits per heavy atom. The van der Waals surface area contributed by atoms with E-state index in [4.69, 9.17) is 32.7 Å². The molecule has 0 aliphatic carbocycles. The normalized spacial score (nSPS) is 11.7. The molecule has 0 aromatic heterocycles. The molecule has 1 atom stereocenters. The summed E-state index contributed by atoms with van der Waals surface area (Å²) in [6.07, 6.45) is 0.877. The molecular weight excluding hydrogens is 361 g/mol. The Kier molecular flexibility index (Phi) is 6.97. The molecule has 0 heterocycles. The van der Waals surface area contributed by atoms with Crippen LogP contribution in [-0.4, -0.2) is 20.1 Å². The zero-order chi connectivity index (χ0) is 18.4. The number of hydrogen-bond donors (Lipinski definition) is 1. The number of carbonyl (C=O) groups is 1. The van der Waals surface area contributed by atoms with Gasteiger partial charge in [0.1, 0.15) is 11.5 Å². The molecule has 1 amide bonds. The number of nitrogens with one attached hydrogen (secondary N) is 1. The third-order valence-electron chi connectivity index (χ3n) is 3.92. The molecule has 0 fully saturated rings. The summed E-state index contributed by atoms with van der Waals surface area (Å²) in [5, 5.41) is 4.13. The molecule has 0 saturated carbocycles. The number of benzene rings is 2. The molecular formula is C19H21Cl2NO3. The first kappa shape index (κ1) is 19.4. The van der Waals surface area contributed by atoms with Crippen molar-refractivity contribution in [3.63, 3.8) is 0 Å². The van der Waals surface area contributed by atoms with Gasteiger partial charge in [-0.25, -0.2) is 0 Å². The molecule has 134 valence electrons. The SMILES string of the molecule is COc1ccc(OC)c([C@H](C)NC(=O)CCc2ccc(Cl)cc2Cl)c1. The molecule has 0 spiro atoms. The first-order chi connectivity index (χ1) is 11.9. The molecule has 0 saturated heterocycles. The third kappa shape index (κ3) is 5.28. The number of amides is 1. The average Bonchev–Trinajstić information content (AvgIpc) is 2.60. The number of methoxy groups -OCH3 is 2. The zero-order valence-corrected chi connectivity index (χ0v) is 15.9. The number of carbonyl (C=O) groups excluding carboxylic acids is 1. The highest BCUT2D eigenvalue weighted by Gasteiger charge is 2.15. The number of hydrogen-bond acceptors (Lipinski definition) is 3. The van der Waals surface area contributed by atoms with Gasteiger partial charge >= 0.3 is 0 Å². The minimum atomic E-state index is -0.210. The fourth-order valence-electron chi connectivity index (χ4n) is 2.54. The summed E-state index contributed by atoms with van der Waals surface area (Å²) in [6, 6.07) is 10.6. The topological polar surface area (TPSA) is 47.6 Å². The fourth-order valence-corrected chi connectivity index (χ4v) is 3.04. The Balaban J connectivity index is 2.00. The second-order valence-corrected chi connectivity index (χ2v) is 6.48. The molecule has 4 nitrogen and oxygen atoms in total. The van der Waals surface area contributed by atoms with Crippen molar-refractivity contribution in [3.8, 4) is 11.5 Å². The monoisotopic (exact) mass is 381 g/mol. The summed E-state index contributed by atoms with van der Waals surface area (Å²) in [6.45, 7) is 1.91. The Hall–Kier alpha value is -1.91. The lowest BCUT2D eigenvalue weighted by Gasteiger charge is -2.18. The van der Waals surface area contributed by atoms with Gasteiger partial charge in [-0.15, -0.1) is 0 Å². The van der Waals surface area contributed by atoms with Crippen LogP contribution in [0.3, 0.4) is 0 Å². The largest absolute Gasteiger partial charge is 0.497 e. The molecule has 6 heteroatoms. The van der Waals surface area contributed by atoms with Gasteiger partial charge in [-0.3, -0.25) is 4.79 Å². The maximum Gasteiger partial charge on any atom is 0.220 e. The molecule has 0 aliphatic rings. The minimum Gasteiger partial charge on any atom is -0.497 e. The predicted octanol–water partition coefficient (Wildman–Crippen LogP) is 4.82. The highest BCUT2D eigenvalue weighted by Crippen LogP contribution is 2.29. The Morgan fingerprint density at radius 1 is 1.12 bits per heavy atom. The van der Waals surface area contributed by atoms with Gasteiger partial charge in [-0.05, 0) is 49.2 Å². The second-order valence-electron chi connectivity index (χ2n) is 5.63. The minimum absolute atomic E-state index is 0.0663. The third-order valence-corrected chi connectivity index (χ3v) is 4.50. The standard InChI is InChI=1S/C19H21Cl2NO3/c1-12(16-11-15(24-2)7-8-18(16)25-3)22-19(23)9-5-13-4-6-14(20)10-17(13)21/h4,6-8,10-12H,5,9H2,1-3H3,(H,22,23)/t12-/m0/s1. The van der Waals surface area contributed by atoms with E-state index in [0.717, 1.165) is 11.1 Å². The van der Waals surface area contributed by atoms with Crippen LogP contribution in [0.5, 0.6) is 11.5 Å². The molecule has 0 bridgehead atoms. The van der Waals surface area contributed by atoms with Gasteiger partial charge in [0.15, 0.2) is 0 Å². The Bertz CT molecular complexity index is 749. The molecule has 2 aromatic rings. The lowest BCUT2D eigenvalue weighted by Crippen LogP contribution is -2.27. The van der Waals surface area contributed by atoms with E-state index in [0.29, 0.717) is 34.4 Å². The molecule has 25 heavy (non-hydrogen) atoms. The highest BCUT2D eigenvalue weighted by atomic mass is 35.5. The molecule has 2 rings (SSSR count). The van der Waals surface area contributed by atoms with Crippen LogP contribution in [0.1, 0.15) is 30.5 Å².